The largest absolute Gasteiger partial charge is 0.416 e. The van der Waals surface area contributed by atoms with Gasteiger partial charge in [-0.2, -0.15) is 13.2 Å². The van der Waals surface area contributed by atoms with Gasteiger partial charge < -0.3 is 5.73 Å². The van der Waals surface area contributed by atoms with Crippen molar-refractivity contribution in [1.29, 1.82) is 0 Å². The Hall–Kier alpha value is -1.03. The summed E-state index contributed by atoms with van der Waals surface area (Å²) >= 11 is 0. The summed E-state index contributed by atoms with van der Waals surface area (Å²) in [5.74, 6) is 1.16. The van der Waals surface area contributed by atoms with Crippen LogP contribution in [0.2, 0.25) is 0 Å². The van der Waals surface area contributed by atoms with E-state index in [1.54, 1.807) is 6.07 Å². The van der Waals surface area contributed by atoms with Gasteiger partial charge in [0.15, 0.2) is 0 Å². The van der Waals surface area contributed by atoms with Crippen molar-refractivity contribution < 1.29 is 13.2 Å². The van der Waals surface area contributed by atoms with Gasteiger partial charge in [0.1, 0.15) is 0 Å². The minimum atomic E-state index is -4.29. The molecule has 1 aliphatic carbocycles. The smallest absolute Gasteiger partial charge is 0.325 e. The van der Waals surface area contributed by atoms with Crippen LogP contribution in [0.3, 0.4) is 0 Å². The Morgan fingerprint density at radius 3 is 2.67 bits per heavy atom. The Balaban J connectivity index is 2.13. The van der Waals surface area contributed by atoms with Crippen molar-refractivity contribution in [2.75, 3.05) is 0 Å². The molecule has 1 aromatic carbocycles. The summed E-state index contributed by atoms with van der Waals surface area (Å²) in [7, 11) is 0. The van der Waals surface area contributed by atoms with E-state index in [2.05, 4.69) is 13.8 Å². The van der Waals surface area contributed by atoms with Gasteiger partial charge in [0.25, 0.3) is 0 Å². The molecule has 0 radical (unpaired) electrons. The summed E-state index contributed by atoms with van der Waals surface area (Å²) in [5, 5.41) is 0. The van der Waals surface area contributed by atoms with Crippen LogP contribution in [-0.4, -0.2) is 5.54 Å². The van der Waals surface area contributed by atoms with Crippen LogP contribution in [0.15, 0.2) is 24.3 Å². The van der Waals surface area contributed by atoms with Crippen molar-refractivity contribution in [3.05, 3.63) is 35.4 Å². The molecule has 2 N–H and O–H groups in total. The molecule has 21 heavy (non-hydrogen) atoms. The van der Waals surface area contributed by atoms with Crippen LogP contribution in [0.1, 0.15) is 50.7 Å². The Morgan fingerprint density at radius 1 is 1.33 bits per heavy atom. The summed E-state index contributed by atoms with van der Waals surface area (Å²) in [6.45, 7) is 4.39. The number of halogens is 3. The first-order valence-electron chi connectivity index (χ1n) is 7.65. The lowest BCUT2D eigenvalue weighted by atomic mass is 9.70. The molecule has 0 heterocycles. The van der Waals surface area contributed by atoms with E-state index >= 15 is 0 Å². The Bertz CT molecular complexity index is 481. The maximum absolute atomic E-state index is 12.8. The van der Waals surface area contributed by atoms with Crippen molar-refractivity contribution in [3.8, 4) is 0 Å². The molecule has 2 atom stereocenters. The Kier molecular flexibility index (Phi) is 4.66. The Morgan fingerprint density at radius 2 is 2.05 bits per heavy atom. The highest BCUT2D eigenvalue weighted by Crippen LogP contribution is 2.37. The standard InChI is InChI=1S/C17H24F3N/c1-12(2)14-6-4-8-16(21,11-14)10-13-5-3-7-15(9-13)17(18,19)20/h3,5,7,9,12,14H,4,6,8,10-11,21H2,1-2H3. The molecule has 0 saturated heterocycles. The van der Waals surface area contributed by atoms with Gasteiger partial charge in [-0.25, -0.2) is 0 Å². The molecule has 0 spiro atoms. The third-order valence-electron chi connectivity index (χ3n) is 4.67. The summed E-state index contributed by atoms with van der Waals surface area (Å²) < 4.78 is 38.3. The molecule has 1 nitrogen and oxygen atoms in total. The molecule has 2 unspecified atom stereocenters. The molecule has 1 saturated carbocycles. The fourth-order valence-electron chi connectivity index (χ4n) is 3.44. The van der Waals surface area contributed by atoms with E-state index in [0.29, 0.717) is 23.8 Å². The zero-order valence-corrected chi connectivity index (χ0v) is 12.7. The highest BCUT2D eigenvalue weighted by atomic mass is 19.4. The minimum Gasteiger partial charge on any atom is -0.325 e. The molecular formula is C17H24F3N. The van der Waals surface area contributed by atoms with Crippen molar-refractivity contribution in [1.82, 2.24) is 0 Å². The van der Waals surface area contributed by atoms with E-state index < -0.39 is 11.7 Å². The summed E-state index contributed by atoms with van der Waals surface area (Å²) in [6.07, 6.45) is 0.288. The molecule has 4 heteroatoms. The molecule has 0 bridgehead atoms. The number of hydrogen-bond donors (Lipinski definition) is 1. The van der Waals surface area contributed by atoms with Crippen LogP contribution in [-0.2, 0) is 12.6 Å². The van der Waals surface area contributed by atoms with E-state index in [-0.39, 0.29) is 5.54 Å². The van der Waals surface area contributed by atoms with Gasteiger partial charge >= 0.3 is 6.18 Å². The van der Waals surface area contributed by atoms with Gasteiger partial charge in [0, 0.05) is 5.54 Å². The SMILES string of the molecule is CC(C)C1CCCC(N)(Cc2cccc(C(F)(F)F)c2)C1. The molecule has 0 aromatic heterocycles. The number of nitrogens with two attached hydrogens (primary N) is 1. The number of hydrogen-bond acceptors (Lipinski definition) is 1. The molecule has 0 amide bonds. The predicted octanol–water partition coefficient (Wildman–Crippen LogP) is 4.79. The van der Waals surface area contributed by atoms with Crippen molar-refractivity contribution >= 4 is 0 Å². The zero-order chi connectivity index (χ0) is 15.7. The summed E-state index contributed by atoms with van der Waals surface area (Å²) in [4.78, 5) is 0. The lowest BCUT2D eigenvalue weighted by Crippen LogP contribution is -2.47. The topological polar surface area (TPSA) is 26.0 Å². The molecule has 1 fully saturated rings. The van der Waals surface area contributed by atoms with E-state index in [9.17, 15) is 13.2 Å². The third kappa shape index (κ3) is 4.22. The van der Waals surface area contributed by atoms with Crippen molar-refractivity contribution in [2.24, 2.45) is 17.6 Å². The first kappa shape index (κ1) is 16.3. The molecule has 1 aliphatic rings. The first-order valence-corrected chi connectivity index (χ1v) is 7.65. The van der Waals surface area contributed by atoms with Gasteiger partial charge in [-0.15, -0.1) is 0 Å². The zero-order valence-electron chi connectivity index (χ0n) is 12.7. The van der Waals surface area contributed by atoms with Crippen LogP contribution in [0.25, 0.3) is 0 Å². The molecule has 2 rings (SSSR count). The second-order valence-electron chi connectivity index (χ2n) is 6.84. The van der Waals surface area contributed by atoms with Crippen LogP contribution >= 0.6 is 0 Å². The normalized spacial score (nSPS) is 27.1. The number of rotatable bonds is 3. The highest BCUT2D eigenvalue weighted by molar-refractivity contribution is 5.27. The van der Waals surface area contributed by atoms with Crippen LogP contribution in [0.4, 0.5) is 13.2 Å². The number of alkyl halides is 3. The van der Waals surface area contributed by atoms with Gasteiger partial charge in [-0.3, -0.25) is 0 Å². The van der Waals surface area contributed by atoms with E-state index in [0.717, 1.165) is 25.3 Å². The lowest BCUT2D eigenvalue weighted by Gasteiger charge is -2.40. The van der Waals surface area contributed by atoms with Gasteiger partial charge in [0.2, 0.25) is 0 Å². The monoisotopic (exact) mass is 299 g/mol. The highest BCUT2D eigenvalue weighted by Gasteiger charge is 2.35. The molecule has 118 valence electrons. The van der Waals surface area contributed by atoms with Crippen LogP contribution in [0.5, 0.6) is 0 Å². The predicted molar refractivity (Wildman–Crippen MR) is 78.9 cm³/mol. The molecular weight excluding hydrogens is 275 g/mol. The molecule has 0 aliphatic heterocycles. The van der Waals surface area contributed by atoms with Crippen LogP contribution < -0.4 is 5.73 Å². The third-order valence-corrected chi connectivity index (χ3v) is 4.67. The summed E-state index contributed by atoms with van der Waals surface area (Å²) in [6, 6.07) is 5.59. The maximum Gasteiger partial charge on any atom is 0.416 e. The van der Waals surface area contributed by atoms with Gasteiger partial charge in [0.05, 0.1) is 5.56 Å². The first-order chi connectivity index (χ1) is 9.70. The van der Waals surface area contributed by atoms with Gasteiger partial charge in [-0.05, 0) is 42.7 Å². The fourth-order valence-corrected chi connectivity index (χ4v) is 3.44. The van der Waals surface area contributed by atoms with E-state index in [1.807, 2.05) is 0 Å². The Labute approximate surface area is 124 Å². The number of benzene rings is 1. The summed E-state index contributed by atoms with van der Waals surface area (Å²) in [5.41, 5.74) is 6.24. The van der Waals surface area contributed by atoms with Crippen molar-refractivity contribution in [2.45, 2.75) is 57.7 Å². The second kappa shape index (κ2) is 5.99. The average Bonchev–Trinajstić information content (AvgIpc) is 2.37. The maximum atomic E-state index is 12.8. The quantitative estimate of drug-likeness (QED) is 0.853. The second-order valence-corrected chi connectivity index (χ2v) is 6.84. The lowest BCUT2D eigenvalue weighted by molar-refractivity contribution is -0.137. The van der Waals surface area contributed by atoms with E-state index in [1.165, 1.54) is 18.6 Å². The fraction of sp³-hybridized carbons (Fsp3) is 0.647. The van der Waals surface area contributed by atoms with Crippen LogP contribution in [0, 0.1) is 11.8 Å². The van der Waals surface area contributed by atoms with Gasteiger partial charge in [-0.1, -0.05) is 44.9 Å². The minimum absolute atomic E-state index is 0.364. The van der Waals surface area contributed by atoms with Crippen molar-refractivity contribution in [3.63, 3.8) is 0 Å². The van der Waals surface area contributed by atoms with E-state index in [4.69, 9.17) is 5.73 Å². The average molecular weight is 299 g/mol. The molecule has 1 aromatic rings.